The van der Waals surface area contributed by atoms with Crippen LogP contribution in [0, 0.1) is 0 Å². The Morgan fingerprint density at radius 2 is 1.86 bits per heavy atom. The highest BCUT2D eigenvalue weighted by molar-refractivity contribution is 5.77. The number of carbonyl (C=O) groups is 1. The van der Waals surface area contributed by atoms with E-state index < -0.39 is 0 Å². The summed E-state index contributed by atoms with van der Waals surface area (Å²) in [5.74, 6) is 0.0586. The van der Waals surface area contributed by atoms with Gasteiger partial charge < -0.3 is 16.0 Å². The van der Waals surface area contributed by atoms with Crippen LogP contribution >= 0.6 is 0 Å². The van der Waals surface area contributed by atoms with E-state index in [4.69, 9.17) is 0 Å². The number of amides is 1. The van der Waals surface area contributed by atoms with Crippen LogP contribution in [0.15, 0.2) is 0 Å². The lowest BCUT2D eigenvalue weighted by molar-refractivity contribution is -0.120. The lowest BCUT2D eigenvalue weighted by Crippen LogP contribution is -2.42. The molecule has 3 N–H and O–H groups in total. The topological polar surface area (TPSA) is 53.2 Å². The van der Waals surface area contributed by atoms with Gasteiger partial charge in [-0.15, -0.1) is 0 Å². The Morgan fingerprint density at radius 3 is 2.36 bits per heavy atom. The molecule has 0 aliphatic carbocycles. The average molecular weight is 201 g/mol. The van der Waals surface area contributed by atoms with Crippen molar-refractivity contribution in [2.24, 2.45) is 0 Å². The van der Waals surface area contributed by atoms with Gasteiger partial charge in [-0.05, 0) is 27.7 Å². The van der Waals surface area contributed by atoms with E-state index in [-0.39, 0.29) is 11.4 Å². The van der Waals surface area contributed by atoms with Crippen LogP contribution in [0.3, 0.4) is 0 Å². The van der Waals surface area contributed by atoms with Crippen molar-refractivity contribution in [2.45, 2.75) is 33.2 Å². The zero-order valence-corrected chi connectivity index (χ0v) is 9.74. The molecule has 14 heavy (non-hydrogen) atoms. The van der Waals surface area contributed by atoms with E-state index in [2.05, 4.69) is 36.7 Å². The summed E-state index contributed by atoms with van der Waals surface area (Å²) in [5.41, 5.74) is 0.146. The van der Waals surface area contributed by atoms with E-state index in [0.717, 1.165) is 13.1 Å². The van der Waals surface area contributed by atoms with E-state index in [1.54, 1.807) is 0 Å². The van der Waals surface area contributed by atoms with Gasteiger partial charge in [0.15, 0.2) is 0 Å². The third-order valence-electron chi connectivity index (χ3n) is 1.62. The Labute approximate surface area is 86.8 Å². The highest BCUT2D eigenvalue weighted by atomic mass is 16.1. The Hall–Kier alpha value is -0.610. The smallest absolute Gasteiger partial charge is 0.233 e. The summed E-state index contributed by atoms with van der Waals surface area (Å²) in [5, 5.41) is 9.13. The molecule has 0 heterocycles. The van der Waals surface area contributed by atoms with Gasteiger partial charge in [-0.2, -0.15) is 0 Å². The van der Waals surface area contributed by atoms with Gasteiger partial charge >= 0.3 is 0 Å². The Morgan fingerprint density at radius 1 is 1.21 bits per heavy atom. The van der Waals surface area contributed by atoms with E-state index in [1.165, 1.54) is 0 Å². The molecule has 0 aromatic carbocycles. The fourth-order valence-electron chi connectivity index (χ4n) is 0.987. The van der Waals surface area contributed by atoms with Crippen molar-refractivity contribution >= 4 is 5.91 Å². The number of nitrogens with one attached hydrogen (secondary N) is 3. The summed E-state index contributed by atoms with van der Waals surface area (Å²) in [6.45, 7) is 11.1. The van der Waals surface area contributed by atoms with Crippen molar-refractivity contribution in [1.82, 2.24) is 16.0 Å². The molecule has 1 amide bonds. The third-order valence-corrected chi connectivity index (χ3v) is 1.62. The van der Waals surface area contributed by atoms with Crippen LogP contribution in [0.25, 0.3) is 0 Å². The first-order valence-corrected chi connectivity index (χ1v) is 5.18. The number of hydrogen-bond donors (Lipinski definition) is 3. The Balaban J connectivity index is 3.26. The molecule has 0 aliphatic rings. The quantitative estimate of drug-likeness (QED) is 0.534. The maximum absolute atomic E-state index is 11.0. The van der Waals surface area contributed by atoms with E-state index in [9.17, 15) is 4.79 Å². The minimum Gasteiger partial charge on any atom is -0.355 e. The van der Waals surface area contributed by atoms with Crippen LogP contribution in [-0.2, 0) is 4.79 Å². The minimum atomic E-state index is 0.0586. The molecule has 0 rings (SSSR count). The summed E-state index contributed by atoms with van der Waals surface area (Å²) in [4.78, 5) is 11.0. The molecular formula is C10H23N3O. The van der Waals surface area contributed by atoms with E-state index in [1.807, 2.05) is 6.92 Å². The zero-order valence-electron chi connectivity index (χ0n) is 9.74. The molecule has 0 aromatic rings. The predicted molar refractivity (Wildman–Crippen MR) is 59.3 cm³/mol. The van der Waals surface area contributed by atoms with Gasteiger partial charge in [-0.1, -0.05) is 0 Å². The maximum Gasteiger partial charge on any atom is 0.233 e. The average Bonchev–Trinajstić information content (AvgIpc) is 2.02. The zero-order chi connectivity index (χ0) is 11.0. The van der Waals surface area contributed by atoms with Crippen molar-refractivity contribution in [3.63, 3.8) is 0 Å². The van der Waals surface area contributed by atoms with Crippen molar-refractivity contribution in [1.29, 1.82) is 0 Å². The van der Waals surface area contributed by atoms with Gasteiger partial charge in [0.1, 0.15) is 0 Å². The van der Waals surface area contributed by atoms with Gasteiger partial charge in [0, 0.05) is 25.2 Å². The molecule has 0 atom stereocenters. The molecule has 0 aliphatic heterocycles. The molecule has 84 valence electrons. The van der Waals surface area contributed by atoms with Gasteiger partial charge in [-0.25, -0.2) is 0 Å². The number of likely N-dealkylation sites (N-methyl/N-ethyl adjacent to an activating group) is 1. The van der Waals surface area contributed by atoms with Crippen molar-refractivity contribution < 1.29 is 4.79 Å². The van der Waals surface area contributed by atoms with E-state index in [0.29, 0.717) is 13.1 Å². The predicted octanol–water partition coefficient (Wildman–Crippen LogP) is 0.100. The standard InChI is InChI=1S/C10H23N3O/c1-5-12-9(14)8-11-6-7-13-10(2,3)4/h11,13H,5-8H2,1-4H3,(H,12,14). The van der Waals surface area contributed by atoms with Crippen LogP contribution < -0.4 is 16.0 Å². The largest absolute Gasteiger partial charge is 0.355 e. The number of carbonyl (C=O) groups excluding carboxylic acids is 1. The van der Waals surface area contributed by atoms with E-state index >= 15 is 0 Å². The molecule has 0 unspecified atom stereocenters. The fourth-order valence-corrected chi connectivity index (χ4v) is 0.987. The summed E-state index contributed by atoms with van der Waals surface area (Å²) >= 11 is 0. The molecule has 0 bridgehead atoms. The highest BCUT2D eigenvalue weighted by Gasteiger charge is 2.07. The second-order valence-corrected chi connectivity index (χ2v) is 4.31. The summed E-state index contributed by atoms with van der Waals surface area (Å²) in [7, 11) is 0. The van der Waals surface area contributed by atoms with Crippen LogP contribution in [-0.4, -0.2) is 37.6 Å². The first-order valence-electron chi connectivity index (χ1n) is 5.18. The van der Waals surface area contributed by atoms with Crippen molar-refractivity contribution in [3.8, 4) is 0 Å². The Bertz CT molecular complexity index is 163. The van der Waals surface area contributed by atoms with Crippen LogP contribution in [0.4, 0.5) is 0 Å². The van der Waals surface area contributed by atoms with Crippen LogP contribution in [0.2, 0.25) is 0 Å². The van der Waals surface area contributed by atoms with Gasteiger partial charge in [-0.3, -0.25) is 4.79 Å². The van der Waals surface area contributed by atoms with Crippen LogP contribution in [0.1, 0.15) is 27.7 Å². The molecule has 4 nitrogen and oxygen atoms in total. The Kier molecular flexibility index (Phi) is 6.49. The molecular weight excluding hydrogens is 178 g/mol. The fraction of sp³-hybridized carbons (Fsp3) is 0.900. The summed E-state index contributed by atoms with van der Waals surface area (Å²) < 4.78 is 0. The van der Waals surface area contributed by atoms with Crippen molar-refractivity contribution in [3.05, 3.63) is 0 Å². The minimum absolute atomic E-state index is 0.0586. The first-order chi connectivity index (χ1) is 6.45. The third kappa shape index (κ3) is 9.48. The highest BCUT2D eigenvalue weighted by Crippen LogP contribution is 1.95. The first kappa shape index (κ1) is 13.4. The number of rotatable bonds is 6. The summed E-state index contributed by atoms with van der Waals surface area (Å²) in [6, 6.07) is 0. The lowest BCUT2D eigenvalue weighted by Gasteiger charge is -2.20. The lowest BCUT2D eigenvalue weighted by atomic mass is 10.1. The molecule has 0 spiro atoms. The number of hydrogen-bond acceptors (Lipinski definition) is 3. The SMILES string of the molecule is CCNC(=O)CNCCNC(C)(C)C. The maximum atomic E-state index is 11.0. The molecule has 0 saturated carbocycles. The molecule has 0 radical (unpaired) electrons. The molecule has 0 saturated heterocycles. The van der Waals surface area contributed by atoms with Crippen LogP contribution in [0.5, 0.6) is 0 Å². The molecule has 0 fully saturated rings. The van der Waals surface area contributed by atoms with Gasteiger partial charge in [0.25, 0.3) is 0 Å². The monoisotopic (exact) mass is 201 g/mol. The van der Waals surface area contributed by atoms with Gasteiger partial charge in [0.2, 0.25) is 5.91 Å². The van der Waals surface area contributed by atoms with Gasteiger partial charge in [0.05, 0.1) is 6.54 Å². The summed E-state index contributed by atoms with van der Waals surface area (Å²) in [6.07, 6.45) is 0. The van der Waals surface area contributed by atoms with Crippen molar-refractivity contribution in [2.75, 3.05) is 26.2 Å². The molecule has 0 aromatic heterocycles. The molecule has 4 heteroatoms. The second-order valence-electron chi connectivity index (χ2n) is 4.31. The normalized spacial score (nSPS) is 11.4. The second kappa shape index (κ2) is 6.79.